The molecule has 126 valence electrons. The Kier molecular flexibility index (Phi) is 5.96. The van der Waals surface area contributed by atoms with Crippen LogP contribution in [0.3, 0.4) is 0 Å². The van der Waals surface area contributed by atoms with Crippen molar-refractivity contribution >= 4 is 17.8 Å². The Morgan fingerprint density at radius 2 is 2.04 bits per heavy atom. The van der Waals surface area contributed by atoms with Crippen LogP contribution in [-0.2, 0) is 9.53 Å². The minimum absolute atomic E-state index is 0.0294. The number of anilines is 1. The first-order valence-corrected chi connectivity index (χ1v) is 8.12. The van der Waals surface area contributed by atoms with Crippen LogP contribution < -0.4 is 5.32 Å². The number of pyridine rings is 1. The molecule has 23 heavy (non-hydrogen) atoms. The molecule has 0 aliphatic carbocycles. The van der Waals surface area contributed by atoms with E-state index in [-0.39, 0.29) is 17.9 Å². The monoisotopic (exact) mass is 319 g/mol. The molecule has 0 radical (unpaired) electrons. The summed E-state index contributed by atoms with van der Waals surface area (Å²) in [7, 11) is 0. The Hall–Kier alpha value is -2.11. The van der Waals surface area contributed by atoms with Crippen molar-refractivity contribution in [2.24, 2.45) is 11.8 Å². The Morgan fingerprint density at radius 3 is 2.65 bits per heavy atom. The average molecular weight is 319 g/mol. The van der Waals surface area contributed by atoms with E-state index in [9.17, 15) is 9.59 Å². The number of amides is 2. The first kappa shape index (κ1) is 17.2. The lowest BCUT2D eigenvalue weighted by Crippen LogP contribution is -2.42. The number of aromatic nitrogens is 1. The summed E-state index contributed by atoms with van der Waals surface area (Å²) in [5.74, 6) is 0.780. The van der Waals surface area contributed by atoms with Crippen molar-refractivity contribution in [3.63, 3.8) is 0 Å². The highest BCUT2D eigenvalue weighted by Gasteiger charge is 2.28. The zero-order valence-electron chi connectivity index (χ0n) is 14.0. The van der Waals surface area contributed by atoms with Crippen LogP contribution in [0.4, 0.5) is 10.6 Å². The molecule has 0 aromatic carbocycles. The quantitative estimate of drug-likeness (QED) is 0.926. The molecule has 0 bridgehead atoms. The van der Waals surface area contributed by atoms with Gasteiger partial charge in [0.15, 0.2) is 0 Å². The highest BCUT2D eigenvalue weighted by molar-refractivity contribution is 5.91. The lowest BCUT2D eigenvalue weighted by molar-refractivity contribution is -0.121. The van der Waals surface area contributed by atoms with E-state index in [2.05, 4.69) is 10.3 Å². The molecule has 0 saturated carbocycles. The second kappa shape index (κ2) is 7.94. The Bertz CT molecular complexity index is 552. The number of ether oxygens (including phenoxy) is 1. The lowest BCUT2D eigenvalue weighted by Gasteiger charge is -2.30. The molecule has 1 fully saturated rings. The van der Waals surface area contributed by atoms with E-state index in [0.29, 0.717) is 44.3 Å². The fraction of sp³-hybridized carbons (Fsp3) is 0.588. The molecular weight excluding hydrogens is 294 g/mol. The van der Waals surface area contributed by atoms with Gasteiger partial charge in [0.05, 0.1) is 6.61 Å². The molecular formula is C17H25N3O3. The molecule has 0 spiro atoms. The van der Waals surface area contributed by atoms with Gasteiger partial charge in [-0.3, -0.25) is 4.79 Å². The lowest BCUT2D eigenvalue weighted by atomic mass is 9.96. The number of hydrogen-bond donors (Lipinski definition) is 1. The third-order valence-corrected chi connectivity index (χ3v) is 3.80. The van der Waals surface area contributed by atoms with Gasteiger partial charge in [0.2, 0.25) is 5.91 Å². The van der Waals surface area contributed by atoms with E-state index in [1.165, 1.54) is 0 Å². The molecule has 1 aliphatic rings. The predicted octanol–water partition coefficient (Wildman–Crippen LogP) is 2.83. The number of carbonyl (C=O) groups excluding carboxylic acids is 2. The molecule has 2 rings (SSSR count). The van der Waals surface area contributed by atoms with E-state index in [4.69, 9.17) is 4.74 Å². The number of piperidine rings is 1. The number of carbonyl (C=O) groups is 2. The van der Waals surface area contributed by atoms with E-state index < -0.39 is 0 Å². The van der Waals surface area contributed by atoms with Crippen molar-refractivity contribution < 1.29 is 14.3 Å². The molecule has 6 nitrogen and oxygen atoms in total. The fourth-order valence-electron chi connectivity index (χ4n) is 2.49. The molecule has 0 atom stereocenters. The van der Waals surface area contributed by atoms with Crippen molar-refractivity contribution in [3.05, 3.63) is 23.9 Å². The Labute approximate surface area is 137 Å². The molecule has 1 aromatic rings. The summed E-state index contributed by atoms with van der Waals surface area (Å²) in [5, 5.41) is 2.85. The largest absolute Gasteiger partial charge is 0.449 e. The summed E-state index contributed by atoms with van der Waals surface area (Å²) < 4.78 is 5.22. The third-order valence-electron chi connectivity index (χ3n) is 3.80. The summed E-state index contributed by atoms with van der Waals surface area (Å²) >= 11 is 0. The number of rotatable bonds is 4. The maximum absolute atomic E-state index is 12.3. The van der Waals surface area contributed by atoms with Gasteiger partial charge in [0.1, 0.15) is 5.82 Å². The van der Waals surface area contributed by atoms with Gasteiger partial charge in [0, 0.05) is 24.7 Å². The summed E-state index contributed by atoms with van der Waals surface area (Å²) in [6.45, 7) is 7.42. The number of nitrogens with one attached hydrogen (secondary N) is 1. The SMILES string of the molecule is Cc1cccc(NC(=O)C2CCN(C(=O)OCC(C)C)CC2)n1. The van der Waals surface area contributed by atoms with Gasteiger partial charge >= 0.3 is 6.09 Å². The molecule has 1 saturated heterocycles. The van der Waals surface area contributed by atoms with Crippen molar-refractivity contribution in [2.45, 2.75) is 33.6 Å². The summed E-state index contributed by atoms with van der Waals surface area (Å²) in [5.41, 5.74) is 0.866. The minimum atomic E-state index is -0.280. The fourth-order valence-corrected chi connectivity index (χ4v) is 2.49. The van der Waals surface area contributed by atoms with Crippen molar-refractivity contribution in [1.29, 1.82) is 0 Å². The van der Waals surface area contributed by atoms with Crippen LogP contribution >= 0.6 is 0 Å². The highest BCUT2D eigenvalue weighted by Crippen LogP contribution is 2.20. The predicted molar refractivity (Wildman–Crippen MR) is 88.1 cm³/mol. The maximum atomic E-state index is 12.3. The second-order valence-corrected chi connectivity index (χ2v) is 6.39. The van der Waals surface area contributed by atoms with E-state index in [0.717, 1.165) is 5.69 Å². The molecule has 1 N–H and O–H groups in total. The van der Waals surface area contributed by atoms with Crippen LogP contribution in [0.2, 0.25) is 0 Å². The summed E-state index contributed by atoms with van der Waals surface area (Å²) in [6.07, 6.45) is 1.01. The van der Waals surface area contributed by atoms with Crippen LogP contribution in [0.1, 0.15) is 32.4 Å². The van der Waals surface area contributed by atoms with Crippen LogP contribution in [-0.4, -0.2) is 41.6 Å². The molecule has 0 unspecified atom stereocenters. The molecule has 6 heteroatoms. The number of hydrogen-bond acceptors (Lipinski definition) is 4. The normalized spacial score (nSPS) is 15.6. The van der Waals surface area contributed by atoms with Gasteiger partial charge in [0.25, 0.3) is 0 Å². The van der Waals surface area contributed by atoms with Gasteiger partial charge in [-0.2, -0.15) is 0 Å². The smallest absolute Gasteiger partial charge is 0.409 e. The van der Waals surface area contributed by atoms with Gasteiger partial charge in [-0.25, -0.2) is 9.78 Å². The highest BCUT2D eigenvalue weighted by atomic mass is 16.6. The molecule has 2 amide bonds. The molecule has 1 aromatic heterocycles. The van der Waals surface area contributed by atoms with Gasteiger partial charge in [-0.1, -0.05) is 19.9 Å². The van der Waals surface area contributed by atoms with Crippen LogP contribution in [0.5, 0.6) is 0 Å². The van der Waals surface area contributed by atoms with E-state index in [1.54, 1.807) is 11.0 Å². The van der Waals surface area contributed by atoms with Gasteiger partial charge < -0.3 is 15.0 Å². The average Bonchev–Trinajstić information content (AvgIpc) is 2.52. The number of nitrogens with zero attached hydrogens (tertiary/aromatic N) is 2. The van der Waals surface area contributed by atoms with Crippen molar-refractivity contribution in [3.8, 4) is 0 Å². The molecule has 2 heterocycles. The van der Waals surface area contributed by atoms with Crippen LogP contribution in [0.15, 0.2) is 18.2 Å². The van der Waals surface area contributed by atoms with Crippen molar-refractivity contribution in [2.75, 3.05) is 25.0 Å². The van der Waals surface area contributed by atoms with Crippen LogP contribution in [0, 0.1) is 18.8 Å². The maximum Gasteiger partial charge on any atom is 0.409 e. The first-order valence-electron chi connectivity index (χ1n) is 8.12. The minimum Gasteiger partial charge on any atom is -0.449 e. The second-order valence-electron chi connectivity index (χ2n) is 6.39. The Balaban J connectivity index is 1.79. The Morgan fingerprint density at radius 1 is 1.35 bits per heavy atom. The third kappa shape index (κ3) is 5.23. The topological polar surface area (TPSA) is 71.5 Å². The standard InChI is InChI=1S/C17H25N3O3/c1-12(2)11-23-17(22)20-9-7-14(8-10-20)16(21)19-15-6-4-5-13(3)18-15/h4-6,12,14H,7-11H2,1-3H3,(H,18,19,21). The first-order chi connectivity index (χ1) is 11.0. The molecule has 1 aliphatic heterocycles. The van der Waals surface area contributed by atoms with Crippen molar-refractivity contribution in [1.82, 2.24) is 9.88 Å². The van der Waals surface area contributed by atoms with E-state index in [1.807, 2.05) is 32.9 Å². The number of likely N-dealkylation sites (tertiary alicyclic amines) is 1. The van der Waals surface area contributed by atoms with Gasteiger partial charge in [-0.15, -0.1) is 0 Å². The zero-order chi connectivity index (χ0) is 16.8. The van der Waals surface area contributed by atoms with Crippen LogP contribution in [0.25, 0.3) is 0 Å². The van der Waals surface area contributed by atoms with Gasteiger partial charge in [-0.05, 0) is 37.8 Å². The number of aryl methyl sites for hydroxylation is 1. The van der Waals surface area contributed by atoms with E-state index >= 15 is 0 Å². The zero-order valence-corrected chi connectivity index (χ0v) is 14.0. The summed E-state index contributed by atoms with van der Waals surface area (Å²) in [4.78, 5) is 30.1. The summed E-state index contributed by atoms with van der Waals surface area (Å²) in [6, 6.07) is 5.53.